The van der Waals surface area contributed by atoms with Gasteiger partial charge in [-0.15, -0.1) is 0 Å². The summed E-state index contributed by atoms with van der Waals surface area (Å²) in [7, 11) is 0. The molecule has 3 aromatic rings. The minimum Gasteiger partial charge on any atom is -0.493 e. The zero-order chi connectivity index (χ0) is 20.9. The molecule has 0 radical (unpaired) electrons. The second-order valence-corrected chi connectivity index (χ2v) is 8.37. The Morgan fingerprint density at radius 2 is 1.97 bits per heavy atom. The summed E-state index contributed by atoms with van der Waals surface area (Å²) < 4.78 is 6.92. The zero-order valence-electron chi connectivity index (χ0n) is 16.9. The summed E-state index contributed by atoms with van der Waals surface area (Å²) in [6.45, 7) is 7.40. The molecule has 1 aromatic carbocycles. The maximum Gasteiger partial charge on any atom is 0.411 e. The second-order valence-electron chi connectivity index (χ2n) is 8.37. The first-order valence-electron chi connectivity index (χ1n) is 9.52. The lowest BCUT2D eigenvalue weighted by Crippen LogP contribution is -2.42. The number of benzene rings is 1. The van der Waals surface area contributed by atoms with E-state index in [0.29, 0.717) is 24.3 Å². The highest BCUT2D eigenvalue weighted by Gasteiger charge is 2.35. The van der Waals surface area contributed by atoms with E-state index in [9.17, 15) is 14.7 Å². The summed E-state index contributed by atoms with van der Waals surface area (Å²) in [5.74, 6) is -0.213. The van der Waals surface area contributed by atoms with Crippen LogP contribution in [0.15, 0.2) is 35.1 Å². The minimum atomic E-state index is -0.627. The number of aromatic nitrogens is 3. The van der Waals surface area contributed by atoms with Crippen molar-refractivity contribution in [2.75, 3.05) is 0 Å². The van der Waals surface area contributed by atoms with Gasteiger partial charge >= 0.3 is 6.09 Å². The first-order valence-corrected chi connectivity index (χ1v) is 9.52. The fraction of sp³-hybridized carbons (Fsp3) is 0.381. The molecule has 29 heavy (non-hydrogen) atoms. The highest BCUT2D eigenvalue weighted by atomic mass is 16.6. The molecular formula is C21H24N4O4. The van der Waals surface area contributed by atoms with Crippen LogP contribution >= 0.6 is 0 Å². The van der Waals surface area contributed by atoms with Crippen molar-refractivity contribution in [1.29, 1.82) is 0 Å². The molecule has 1 aliphatic rings. The molecule has 0 spiro atoms. The number of aromatic amines is 1. The molecule has 0 saturated heterocycles. The van der Waals surface area contributed by atoms with Gasteiger partial charge in [0.1, 0.15) is 11.2 Å². The van der Waals surface area contributed by atoms with Gasteiger partial charge in [-0.25, -0.2) is 4.79 Å². The van der Waals surface area contributed by atoms with Gasteiger partial charge in [0.25, 0.3) is 5.56 Å². The first-order chi connectivity index (χ1) is 13.6. The molecule has 0 aliphatic carbocycles. The zero-order valence-corrected chi connectivity index (χ0v) is 16.9. The van der Waals surface area contributed by atoms with Crippen LogP contribution in [0.5, 0.6) is 5.88 Å². The van der Waals surface area contributed by atoms with Crippen LogP contribution in [0.1, 0.15) is 49.2 Å². The van der Waals surface area contributed by atoms with E-state index < -0.39 is 11.7 Å². The Morgan fingerprint density at radius 3 is 2.66 bits per heavy atom. The number of carbonyl (C=O) groups excluding carboxylic acids is 1. The predicted octanol–water partition coefficient (Wildman–Crippen LogP) is 3.07. The fourth-order valence-electron chi connectivity index (χ4n) is 3.58. The molecule has 4 rings (SSSR count). The molecule has 3 heterocycles. The van der Waals surface area contributed by atoms with Crippen LogP contribution in [0.4, 0.5) is 4.79 Å². The largest absolute Gasteiger partial charge is 0.493 e. The average Bonchev–Trinajstić information content (AvgIpc) is 3.07. The molecule has 0 unspecified atom stereocenters. The first kappa shape index (κ1) is 19.0. The quantitative estimate of drug-likeness (QED) is 0.658. The third-order valence-electron chi connectivity index (χ3n) is 5.06. The van der Waals surface area contributed by atoms with E-state index in [1.165, 1.54) is 11.4 Å². The predicted molar refractivity (Wildman–Crippen MR) is 107 cm³/mol. The van der Waals surface area contributed by atoms with Crippen LogP contribution in [0.2, 0.25) is 0 Å². The molecule has 1 aliphatic heterocycles. The number of amides is 1. The summed E-state index contributed by atoms with van der Waals surface area (Å²) in [4.78, 5) is 29.3. The van der Waals surface area contributed by atoms with Crippen molar-refractivity contribution in [3.63, 3.8) is 0 Å². The fourth-order valence-corrected chi connectivity index (χ4v) is 3.58. The van der Waals surface area contributed by atoms with Gasteiger partial charge in [-0.1, -0.05) is 24.3 Å². The number of hydrogen-bond donors (Lipinski definition) is 2. The molecule has 8 nitrogen and oxygen atoms in total. The van der Waals surface area contributed by atoms with Gasteiger partial charge in [-0.2, -0.15) is 9.61 Å². The van der Waals surface area contributed by atoms with E-state index in [0.717, 1.165) is 11.1 Å². The van der Waals surface area contributed by atoms with E-state index in [1.54, 1.807) is 11.0 Å². The van der Waals surface area contributed by atoms with E-state index in [4.69, 9.17) is 4.74 Å². The van der Waals surface area contributed by atoms with Crippen molar-refractivity contribution >= 4 is 11.7 Å². The molecular weight excluding hydrogens is 372 g/mol. The topological polar surface area (TPSA) is 99.9 Å². The molecule has 2 N–H and O–H groups in total. The summed E-state index contributed by atoms with van der Waals surface area (Å²) in [6.07, 6.45) is 0.131. The summed E-state index contributed by atoms with van der Waals surface area (Å²) >= 11 is 0. The lowest BCUT2D eigenvalue weighted by atomic mass is 9.92. The van der Waals surface area contributed by atoms with Gasteiger partial charge in [0, 0.05) is 12.6 Å². The normalized spacial score (nSPS) is 16.7. The number of fused-ring (bicyclic) bond motifs is 2. The van der Waals surface area contributed by atoms with Gasteiger partial charge in [0.05, 0.1) is 17.3 Å². The maximum absolute atomic E-state index is 13.0. The van der Waals surface area contributed by atoms with Crippen LogP contribution in [0.25, 0.3) is 5.65 Å². The number of carbonyl (C=O) groups is 1. The lowest BCUT2D eigenvalue weighted by molar-refractivity contribution is 0.0111. The number of H-pyrrole nitrogens is 1. The molecule has 1 amide bonds. The second kappa shape index (κ2) is 6.65. The highest BCUT2D eigenvalue weighted by Crippen LogP contribution is 2.34. The number of rotatable bonds is 1. The van der Waals surface area contributed by atoms with Crippen molar-refractivity contribution in [2.45, 2.75) is 52.3 Å². The number of ether oxygens (including phenoxy) is 1. The highest BCUT2D eigenvalue weighted by molar-refractivity contribution is 5.69. The third kappa shape index (κ3) is 3.46. The Labute approximate surface area is 167 Å². The molecule has 0 saturated carbocycles. The number of hydrogen-bond acceptors (Lipinski definition) is 5. The van der Waals surface area contributed by atoms with Crippen LogP contribution in [0, 0.1) is 6.92 Å². The lowest BCUT2D eigenvalue weighted by Gasteiger charge is -2.37. The Bertz CT molecular complexity index is 1160. The van der Waals surface area contributed by atoms with Crippen LogP contribution in [-0.4, -0.2) is 36.3 Å². The molecule has 8 heteroatoms. The molecule has 0 fully saturated rings. The smallest absolute Gasteiger partial charge is 0.411 e. The van der Waals surface area contributed by atoms with E-state index in [2.05, 4.69) is 10.1 Å². The standard InChI is InChI=1S/C21H24N4O4/c1-12-18(26)22-17-10-15(23-25(17)19(12)27)16-9-13-7-5-6-8-14(13)11-24(16)20(28)29-21(2,3)4/h5-8,10,16,27H,9,11H2,1-4H3,(H,22,26)/t16-/m0/s1. The Morgan fingerprint density at radius 1 is 1.28 bits per heavy atom. The van der Waals surface area contributed by atoms with Crippen molar-refractivity contribution < 1.29 is 14.6 Å². The van der Waals surface area contributed by atoms with Crippen molar-refractivity contribution in [3.8, 4) is 5.88 Å². The Balaban J connectivity index is 1.80. The number of aromatic hydroxyl groups is 1. The van der Waals surface area contributed by atoms with Crippen molar-refractivity contribution in [3.05, 3.63) is 63.1 Å². The van der Waals surface area contributed by atoms with E-state index >= 15 is 0 Å². The van der Waals surface area contributed by atoms with Crippen molar-refractivity contribution in [2.24, 2.45) is 0 Å². The number of nitrogens with zero attached hydrogens (tertiary/aromatic N) is 3. The monoisotopic (exact) mass is 396 g/mol. The summed E-state index contributed by atoms with van der Waals surface area (Å²) in [5, 5.41) is 14.8. The van der Waals surface area contributed by atoms with Gasteiger partial charge in [-0.05, 0) is 45.2 Å². The van der Waals surface area contributed by atoms with Gasteiger partial charge in [-0.3, -0.25) is 9.69 Å². The third-order valence-corrected chi connectivity index (χ3v) is 5.06. The van der Waals surface area contributed by atoms with Crippen LogP contribution < -0.4 is 5.56 Å². The van der Waals surface area contributed by atoms with Gasteiger partial charge < -0.3 is 14.8 Å². The average molecular weight is 396 g/mol. The minimum absolute atomic E-state index is 0.185. The van der Waals surface area contributed by atoms with Gasteiger partial charge in [0.2, 0.25) is 5.88 Å². The molecule has 0 bridgehead atoms. The van der Waals surface area contributed by atoms with Crippen molar-refractivity contribution in [1.82, 2.24) is 19.5 Å². The molecule has 2 aromatic heterocycles. The maximum atomic E-state index is 13.0. The van der Waals surface area contributed by atoms with Crippen LogP contribution in [-0.2, 0) is 17.7 Å². The Kier molecular flexibility index (Phi) is 4.37. The molecule has 1 atom stereocenters. The molecule has 152 valence electrons. The van der Waals surface area contributed by atoms with E-state index in [-0.39, 0.29) is 23.0 Å². The van der Waals surface area contributed by atoms with Gasteiger partial charge in [0.15, 0.2) is 0 Å². The SMILES string of the molecule is Cc1c(O)n2nc([C@@H]3Cc4ccccc4CN3C(=O)OC(C)(C)C)cc2[nH]c1=O. The Hall–Kier alpha value is -3.29. The summed E-state index contributed by atoms with van der Waals surface area (Å²) in [5.41, 5.74) is 2.31. The van der Waals surface area contributed by atoms with Crippen LogP contribution in [0.3, 0.4) is 0 Å². The summed E-state index contributed by atoms with van der Waals surface area (Å²) in [6, 6.07) is 9.25. The number of nitrogens with one attached hydrogen (secondary N) is 1. The van der Waals surface area contributed by atoms with E-state index in [1.807, 2.05) is 45.0 Å².